The number of carbonyl (C=O) groups excluding carboxylic acids is 1. The van der Waals surface area contributed by atoms with E-state index in [4.69, 9.17) is 0 Å². The molecule has 154 valence electrons. The number of rotatable bonds is 4. The van der Waals surface area contributed by atoms with Crippen molar-refractivity contribution in [3.63, 3.8) is 0 Å². The number of alkyl halides is 6. The Kier molecular flexibility index (Phi) is 5.24. The fourth-order valence-electron chi connectivity index (χ4n) is 3.06. The van der Waals surface area contributed by atoms with E-state index in [-0.39, 0.29) is 34.6 Å². The SMILES string of the molecule is CC(C)NCc1cnc2c(cc(C(=O)C(F)(F)F)c3ncccc32)c1C(F)(F)F. The van der Waals surface area contributed by atoms with Gasteiger partial charge in [0.05, 0.1) is 22.2 Å². The molecule has 10 heteroatoms. The molecular weight excluding hydrogens is 400 g/mol. The molecule has 0 aliphatic rings. The Bertz CT molecular complexity index is 1090. The van der Waals surface area contributed by atoms with Crippen molar-refractivity contribution in [3.8, 4) is 0 Å². The summed E-state index contributed by atoms with van der Waals surface area (Å²) in [6.45, 7) is 3.28. The highest BCUT2D eigenvalue weighted by Crippen LogP contribution is 2.40. The van der Waals surface area contributed by atoms with Crippen LogP contribution in [0.5, 0.6) is 0 Å². The van der Waals surface area contributed by atoms with Gasteiger partial charge in [-0.25, -0.2) is 0 Å². The molecule has 1 aromatic carbocycles. The second-order valence-electron chi connectivity index (χ2n) is 6.74. The lowest BCUT2D eigenvalue weighted by Crippen LogP contribution is -2.25. The van der Waals surface area contributed by atoms with Gasteiger partial charge in [-0.05, 0) is 23.8 Å². The van der Waals surface area contributed by atoms with E-state index in [1.807, 2.05) is 0 Å². The Labute approximate surface area is 160 Å². The first kappa shape index (κ1) is 21.0. The maximum Gasteiger partial charge on any atom is 0.454 e. The number of pyridine rings is 2. The van der Waals surface area contributed by atoms with Crippen LogP contribution < -0.4 is 5.32 Å². The molecular formula is C19H15F6N3O. The fraction of sp³-hybridized carbons (Fsp3) is 0.316. The molecule has 0 saturated heterocycles. The Hall–Kier alpha value is -2.75. The number of aromatic nitrogens is 2. The molecule has 0 bridgehead atoms. The van der Waals surface area contributed by atoms with Crippen molar-refractivity contribution in [3.05, 3.63) is 47.3 Å². The lowest BCUT2D eigenvalue weighted by atomic mass is 9.96. The van der Waals surface area contributed by atoms with Gasteiger partial charge in [0.15, 0.2) is 0 Å². The Morgan fingerprint density at radius 2 is 1.76 bits per heavy atom. The molecule has 2 heterocycles. The van der Waals surface area contributed by atoms with Crippen LogP contribution in [0.25, 0.3) is 21.8 Å². The zero-order valence-electron chi connectivity index (χ0n) is 15.2. The largest absolute Gasteiger partial charge is 0.454 e. The van der Waals surface area contributed by atoms with E-state index in [1.54, 1.807) is 13.8 Å². The number of benzene rings is 1. The summed E-state index contributed by atoms with van der Waals surface area (Å²) in [5, 5.41) is 2.20. The molecule has 0 aliphatic carbocycles. The number of carbonyl (C=O) groups is 1. The van der Waals surface area contributed by atoms with E-state index in [2.05, 4.69) is 15.3 Å². The van der Waals surface area contributed by atoms with E-state index >= 15 is 0 Å². The van der Waals surface area contributed by atoms with E-state index in [1.165, 1.54) is 12.1 Å². The first-order chi connectivity index (χ1) is 13.4. The number of hydrogen-bond acceptors (Lipinski definition) is 4. The maximum absolute atomic E-state index is 13.9. The van der Waals surface area contributed by atoms with Crippen LogP contribution in [0.15, 0.2) is 30.6 Å². The molecule has 0 unspecified atom stereocenters. The number of Topliss-reactive ketones (excluding diaryl/α,β-unsaturated/α-hetero) is 1. The van der Waals surface area contributed by atoms with E-state index in [0.29, 0.717) is 6.07 Å². The minimum absolute atomic E-state index is 0.0635. The first-order valence-corrected chi connectivity index (χ1v) is 8.52. The van der Waals surface area contributed by atoms with Crippen LogP contribution in [0.2, 0.25) is 0 Å². The summed E-state index contributed by atoms with van der Waals surface area (Å²) in [5.41, 5.74) is -2.82. The summed E-state index contributed by atoms with van der Waals surface area (Å²) in [6.07, 6.45) is -7.93. The van der Waals surface area contributed by atoms with Crippen LogP contribution in [0.3, 0.4) is 0 Å². The molecule has 0 atom stereocenters. The van der Waals surface area contributed by atoms with Gasteiger partial charge >= 0.3 is 12.4 Å². The average Bonchev–Trinajstić information content (AvgIpc) is 2.62. The van der Waals surface area contributed by atoms with Crippen molar-refractivity contribution in [1.29, 1.82) is 0 Å². The molecule has 0 radical (unpaired) electrons. The van der Waals surface area contributed by atoms with Crippen LogP contribution in [0.4, 0.5) is 26.3 Å². The van der Waals surface area contributed by atoms with Crippen molar-refractivity contribution >= 4 is 27.6 Å². The van der Waals surface area contributed by atoms with Gasteiger partial charge < -0.3 is 5.32 Å². The van der Waals surface area contributed by atoms with Gasteiger partial charge in [-0.3, -0.25) is 14.8 Å². The van der Waals surface area contributed by atoms with Gasteiger partial charge in [0.1, 0.15) is 0 Å². The third-order valence-corrected chi connectivity index (χ3v) is 4.29. The van der Waals surface area contributed by atoms with Crippen molar-refractivity contribution in [2.24, 2.45) is 0 Å². The molecule has 0 saturated carbocycles. The summed E-state index contributed by atoms with van der Waals surface area (Å²) in [5.74, 6) is -2.26. The quantitative estimate of drug-likeness (QED) is 0.368. The highest BCUT2D eigenvalue weighted by atomic mass is 19.4. The van der Waals surface area contributed by atoms with Crippen molar-refractivity contribution < 1.29 is 31.1 Å². The summed E-state index contributed by atoms with van der Waals surface area (Å²) in [4.78, 5) is 19.7. The summed E-state index contributed by atoms with van der Waals surface area (Å²) < 4.78 is 80.9. The highest BCUT2D eigenvalue weighted by molar-refractivity contribution is 6.17. The third kappa shape index (κ3) is 4.02. The number of hydrogen-bond donors (Lipinski definition) is 1. The fourth-order valence-corrected chi connectivity index (χ4v) is 3.06. The topological polar surface area (TPSA) is 54.9 Å². The van der Waals surface area contributed by atoms with Gasteiger partial charge in [-0.1, -0.05) is 13.8 Å². The van der Waals surface area contributed by atoms with Crippen LogP contribution in [-0.4, -0.2) is 28.0 Å². The second-order valence-corrected chi connectivity index (χ2v) is 6.74. The number of nitrogens with zero attached hydrogens (tertiary/aromatic N) is 2. The standard InChI is InChI=1S/C19H15F6N3O/c1-9(2)27-7-10-8-28-15-11-4-3-5-26-16(11)13(17(29)19(23,24)25)6-12(15)14(10)18(20,21)22/h3-6,8-9,27H,7H2,1-2H3. The van der Waals surface area contributed by atoms with E-state index < -0.39 is 34.6 Å². The van der Waals surface area contributed by atoms with Crippen LogP contribution in [-0.2, 0) is 12.7 Å². The molecule has 4 nitrogen and oxygen atoms in total. The molecule has 0 amide bonds. The third-order valence-electron chi connectivity index (χ3n) is 4.29. The maximum atomic E-state index is 13.9. The predicted molar refractivity (Wildman–Crippen MR) is 94.4 cm³/mol. The molecule has 29 heavy (non-hydrogen) atoms. The summed E-state index contributed by atoms with van der Waals surface area (Å²) in [6, 6.07) is 3.11. The van der Waals surface area contributed by atoms with Crippen LogP contribution in [0.1, 0.15) is 35.3 Å². The van der Waals surface area contributed by atoms with E-state index in [9.17, 15) is 31.1 Å². The number of fused-ring (bicyclic) bond motifs is 3. The molecule has 1 N–H and O–H groups in total. The molecule has 0 aliphatic heterocycles. The Morgan fingerprint density at radius 3 is 2.34 bits per heavy atom. The van der Waals surface area contributed by atoms with Crippen molar-refractivity contribution in [2.45, 2.75) is 38.8 Å². The van der Waals surface area contributed by atoms with Crippen LogP contribution in [0, 0.1) is 0 Å². The number of halogens is 6. The second kappa shape index (κ2) is 7.25. The minimum Gasteiger partial charge on any atom is -0.310 e. The monoisotopic (exact) mass is 415 g/mol. The zero-order valence-corrected chi connectivity index (χ0v) is 15.2. The van der Waals surface area contributed by atoms with Crippen LogP contribution >= 0.6 is 0 Å². The average molecular weight is 415 g/mol. The van der Waals surface area contributed by atoms with Gasteiger partial charge in [0.2, 0.25) is 0 Å². The normalized spacial score (nSPS) is 12.9. The molecule has 0 spiro atoms. The Balaban J connectivity index is 2.43. The molecule has 2 aromatic heterocycles. The molecule has 0 fully saturated rings. The molecule has 3 aromatic rings. The lowest BCUT2D eigenvalue weighted by molar-refractivity contribution is -0.137. The lowest BCUT2D eigenvalue weighted by Gasteiger charge is -2.18. The van der Waals surface area contributed by atoms with Crippen molar-refractivity contribution in [2.75, 3.05) is 0 Å². The summed E-state index contributed by atoms with van der Waals surface area (Å²) >= 11 is 0. The van der Waals surface area contributed by atoms with Crippen molar-refractivity contribution in [1.82, 2.24) is 15.3 Å². The Morgan fingerprint density at radius 1 is 1.07 bits per heavy atom. The minimum atomic E-state index is -5.26. The van der Waals surface area contributed by atoms with Gasteiger partial charge in [0.25, 0.3) is 5.78 Å². The van der Waals surface area contributed by atoms with Gasteiger partial charge in [-0.15, -0.1) is 0 Å². The number of nitrogens with one attached hydrogen (secondary N) is 1. The predicted octanol–water partition coefficient (Wildman–Crippen LogP) is 5.04. The zero-order chi connectivity index (χ0) is 21.6. The highest BCUT2D eigenvalue weighted by Gasteiger charge is 2.42. The number of ketones is 1. The van der Waals surface area contributed by atoms with E-state index in [0.717, 1.165) is 12.4 Å². The summed E-state index contributed by atoms with van der Waals surface area (Å²) in [7, 11) is 0. The smallest absolute Gasteiger partial charge is 0.310 e. The van der Waals surface area contributed by atoms with Gasteiger partial charge in [0, 0.05) is 35.8 Å². The molecule has 3 rings (SSSR count). The first-order valence-electron chi connectivity index (χ1n) is 8.52. The van der Waals surface area contributed by atoms with Gasteiger partial charge in [-0.2, -0.15) is 26.3 Å².